The minimum absolute atomic E-state index is 0.0783. The second kappa shape index (κ2) is 9.00. The van der Waals surface area contributed by atoms with E-state index in [1.165, 1.54) is 24.7 Å². The Hall–Kier alpha value is -3.33. The molecule has 30 heavy (non-hydrogen) atoms. The normalized spacial score (nSPS) is 16.8. The molecule has 2 aromatic rings. The van der Waals surface area contributed by atoms with Crippen molar-refractivity contribution in [3.63, 3.8) is 0 Å². The van der Waals surface area contributed by atoms with Crippen molar-refractivity contribution < 1.29 is 4.39 Å². The van der Waals surface area contributed by atoms with Gasteiger partial charge < -0.3 is 26.3 Å². The molecule has 0 saturated carbocycles. The zero-order valence-electron chi connectivity index (χ0n) is 17.4. The molecule has 0 unspecified atom stereocenters. The van der Waals surface area contributed by atoms with E-state index in [1.54, 1.807) is 13.1 Å². The molecule has 2 heterocycles. The number of hydrogen-bond acceptors (Lipinski definition) is 8. The maximum absolute atomic E-state index is 14.5. The monoisotopic (exact) mass is 410 g/mol. The summed E-state index contributed by atoms with van der Waals surface area (Å²) < 4.78 is 14.5. The van der Waals surface area contributed by atoms with Gasteiger partial charge in [0.25, 0.3) is 0 Å². The first-order valence-corrected chi connectivity index (χ1v) is 9.65. The fourth-order valence-electron chi connectivity index (χ4n) is 3.55. The van der Waals surface area contributed by atoms with E-state index in [1.807, 2.05) is 0 Å². The van der Waals surface area contributed by atoms with E-state index in [0.717, 1.165) is 31.5 Å². The fraction of sp³-hybridized carbons (Fsp3) is 0.333. The van der Waals surface area contributed by atoms with Gasteiger partial charge in [-0.2, -0.15) is 0 Å². The highest BCUT2D eigenvalue weighted by molar-refractivity contribution is 6.15. The number of anilines is 2. The number of rotatable bonds is 7. The zero-order chi connectivity index (χ0) is 21.8. The highest BCUT2D eigenvalue weighted by Gasteiger charge is 2.25. The number of nitrogens with one attached hydrogen (secondary N) is 3. The van der Waals surface area contributed by atoms with Crippen molar-refractivity contribution in [1.82, 2.24) is 20.2 Å². The molecule has 8 nitrogen and oxygen atoms in total. The molecular formula is C21H27FN8. The topological polar surface area (TPSA) is 118 Å². The zero-order valence-corrected chi connectivity index (χ0v) is 17.4. The fourth-order valence-corrected chi connectivity index (χ4v) is 3.55. The highest BCUT2D eigenvalue weighted by Crippen LogP contribution is 2.26. The molecule has 9 heteroatoms. The molecule has 1 aromatic carbocycles. The minimum atomic E-state index is -0.552. The number of nitrogens with two attached hydrogens (primary N) is 1. The molecule has 0 amide bonds. The number of halogens is 1. The number of nitrogen functional groups attached to an aromatic ring is 1. The molecule has 1 aliphatic rings. The van der Waals surface area contributed by atoms with Crippen molar-refractivity contribution in [1.29, 1.82) is 10.8 Å². The van der Waals surface area contributed by atoms with E-state index in [9.17, 15) is 4.39 Å². The van der Waals surface area contributed by atoms with Crippen molar-refractivity contribution in [2.75, 3.05) is 44.9 Å². The van der Waals surface area contributed by atoms with Gasteiger partial charge in [0, 0.05) is 67.0 Å². The molecule has 1 saturated heterocycles. The van der Waals surface area contributed by atoms with Crippen LogP contribution in [0.3, 0.4) is 0 Å². The summed E-state index contributed by atoms with van der Waals surface area (Å²) in [6.07, 6.45) is 5.05. The van der Waals surface area contributed by atoms with Crippen molar-refractivity contribution in [2.45, 2.75) is 12.5 Å². The first-order chi connectivity index (χ1) is 14.3. The molecule has 0 aliphatic carbocycles. The van der Waals surface area contributed by atoms with Crippen LogP contribution in [0.2, 0.25) is 0 Å². The van der Waals surface area contributed by atoms with Gasteiger partial charge in [0.15, 0.2) is 0 Å². The van der Waals surface area contributed by atoms with Gasteiger partial charge in [-0.1, -0.05) is 0 Å². The van der Waals surface area contributed by atoms with E-state index in [2.05, 4.69) is 39.2 Å². The minimum Gasteiger partial charge on any atom is -0.398 e. The molecule has 1 atom stereocenters. The van der Waals surface area contributed by atoms with Gasteiger partial charge >= 0.3 is 0 Å². The molecule has 0 spiro atoms. The van der Waals surface area contributed by atoms with Crippen molar-refractivity contribution in [3.05, 3.63) is 53.4 Å². The van der Waals surface area contributed by atoms with Crippen LogP contribution in [-0.2, 0) is 0 Å². The van der Waals surface area contributed by atoms with Crippen LogP contribution in [0.15, 0.2) is 30.7 Å². The van der Waals surface area contributed by atoms with Crippen LogP contribution >= 0.6 is 0 Å². The second-order valence-corrected chi connectivity index (χ2v) is 7.44. The number of likely N-dealkylation sites (N-methyl/N-ethyl adjacent to an activating group) is 1. The largest absolute Gasteiger partial charge is 0.398 e. The lowest BCUT2D eigenvalue weighted by atomic mass is 9.98. The number of allylic oxidation sites excluding steroid dienone is 1. The van der Waals surface area contributed by atoms with Crippen LogP contribution < -0.4 is 16.0 Å². The van der Waals surface area contributed by atoms with Gasteiger partial charge in [-0.15, -0.1) is 0 Å². The average Bonchev–Trinajstić information content (AvgIpc) is 3.23. The Balaban J connectivity index is 1.94. The molecule has 0 bridgehead atoms. The summed E-state index contributed by atoms with van der Waals surface area (Å²) in [6, 6.07) is 4.89. The van der Waals surface area contributed by atoms with Crippen LogP contribution in [0.4, 0.5) is 15.9 Å². The van der Waals surface area contributed by atoms with Crippen LogP contribution in [0.1, 0.15) is 23.2 Å². The summed E-state index contributed by atoms with van der Waals surface area (Å²) in [5.41, 5.74) is 7.54. The number of benzene rings is 1. The predicted molar refractivity (Wildman–Crippen MR) is 119 cm³/mol. The Morgan fingerprint density at radius 3 is 2.70 bits per heavy atom. The molecular weight excluding hydrogens is 383 g/mol. The van der Waals surface area contributed by atoms with Gasteiger partial charge in [-0.05, 0) is 32.6 Å². The molecule has 1 fully saturated rings. The van der Waals surface area contributed by atoms with Gasteiger partial charge in [0.1, 0.15) is 18.0 Å². The van der Waals surface area contributed by atoms with Crippen molar-refractivity contribution >= 4 is 29.0 Å². The lowest BCUT2D eigenvalue weighted by Crippen LogP contribution is -2.31. The Morgan fingerprint density at radius 2 is 2.07 bits per heavy atom. The summed E-state index contributed by atoms with van der Waals surface area (Å²) in [5, 5.41) is 19.0. The Bertz CT molecular complexity index is 985. The molecule has 5 N–H and O–H groups in total. The second-order valence-electron chi connectivity index (χ2n) is 7.44. The maximum atomic E-state index is 14.5. The van der Waals surface area contributed by atoms with E-state index >= 15 is 0 Å². The lowest BCUT2D eigenvalue weighted by molar-refractivity contribution is 0.315. The van der Waals surface area contributed by atoms with E-state index in [0.29, 0.717) is 22.9 Å². The van der Waals surface area contributed by atoms with Crippen LogP contribution in [0.5, 0.6) is 0 Å². The first kappa shape index (κ1) is 21.4. The standard InChI is InChI=1S/C21H27FN8/c1-26-10-13(9-23)15-6-16(18(24)7-17(15)22)21(25)19-8-20(28-12-27-19)30-5-4-14(11-30)29(2)3/h6-10,12,14,23,25-26H,4-5,11,24H2,1-3H3/b13-10+,23-9?,25-21?/t14-/m1/s1. The third-order valence-electron chi connectivity index (χ3n) is 5.30. The Kier molecular flexibility index (Phi) is 6.41. The highest BCUT2D eigenvalue weighted by atomic mass is 19.1. The summed E-state index contributed by atoms with van der Waals surface area (Å²) in [6.45, 7) is 1.74. The molecule has 1 aromatic heterocycles. The van der Waals surface area contributed by atoms with Gasteiger partial charge in [-0.25, -0.2) is 14.4 Å². The summed E-state index contributed by atoms with van der Waals surface area (Å²) in [5.74, 6) is 0.203. The third kappa shape index (κ3) is 4.30. The molecule has 3 rings (SSSR count). The van der Waals surface area contributed by atoms with Gasteiger partial charge in [0.05, 0.1) is 11.4 Å². The van der Waals surface area contributed by atoms with Crippen LogP contribution in [0, 0.1) is 16.6 Å². The van der Waals surface area contributed by atoms with Crippen molar-refractivity contribution in [3.8, 4) is 0 Å². The number of hydrogen-bond donors (Lipinski definition) is 4. The third-order valence-corrected chi connectivity index (χ3v) is 5.30. The lowest BCUT2D eigenvalue weighted by Gasteiger charge is -2.21. The Labute approximate surface area is 175 Å². The summed E-state index contributed by atoms with van der Waals surface area (Å²) in [4.78, 5) is 13.0. The average molecular weight is 411 g/mol. The Morgan fingerprint density at radius 1 is 1.30 bits per heavy atom. The summed E-state index contributed by atoms with van der Waals surface area (Å²) in [7, 11) is 5.80. The van der Waals surface area contributed by atoms with E-state index < -0.39 is 5.82 Å². The molecule has 0 radical (unpaired) electrons. The molecule has 158 valence electrons. The van der Waals surface area contributed by atoms with Gasteiger partial charge in [-0.3, -0.25) is 5.41 Å². The van der Waals surface area contributed by atoms with E-state index in [-0.39, 0.29) is 17.0 Å². The summed E-state index contributed by atoms with van der Waals surface area (Å²) >= 11 is 0. The quantitative estimate of drug-likeness (QED) is 0.409. The first-order valence-electron chi connectivity index (χ1n) is 9.65. The number of nitrogens with zero attached hydrogens (tertiary/aromatic N) is 4. The number of aromatic nitrogens is 2. The SMILES string of the molecule is CN/C=C(\C=N)c1cc(C(=N)c2cc(N3CC[C@@H](N(C)C)C3)ncn2)c(N)cc1F. The maximum Gasteiger partial charge on any atom is 0.133 e. The predicted octanol–water partition coefficient (Wildman–Crippen LogP) is 1.96. The van der Waals surface area contributed by atoms with Crippen LogP contribution in [-0.4, -0.2) is 67.1 Å². The van der Waals surface area contributed by atoms with Crippen molar-refractivity contribution in [2.24, 2.45) is 0 Å². The molecule has 1 aliphatic heterocycles. The smallest absolute Gasteiger partial charge is 0.133 e. The van der Waals surface area contributed by atoms with E-state index in [4.69, 9.17) is 16.6 Å². The van der Waals surface area contributed by atoms with Gasteiger partial charge in [0.2, 0.25) is 0 Å². The van der Waals surface area contributed by atoms with Crippen LogP contribution in [0.25, 0.3) is 5.57 Å².